The first-order valence-corrected chi connectivity index (χ1v) is 10.5. The summed E-state index contributed by atoms with van der Waals surface area (Å²) in [5.74, 6) is -0.207. The van der Waals surface area contributed by atoms with Gasteiger partial charge in [-0.2, -0.15) is 0 Å². The summed E-state index contributed by atoms with van der Waals surface area (Å²) in [5, 5.41) is 14.6. The van der Waals surface area contributed by atoms with Crippen molar-refractivity contribution in [1.29, 1.82) is 5.41 Å². The van der Waals surface area contributed by atoms with E-state index in [9.17, 15) is 4.39 Å². The van der Waals surface area contributed by atoms with Crippen LogP contribution >= 0.6 is 0 Å². The molecule has 2 aromatic carbocycles. The molecule has 31 heavy (non-hydrogen) atoms. The van der Waals surface area contributed by atoms with Crippen molar-refractivity contribution in [2.45, 2.75) is 20.8 Å². The normalized spacial score (nSPS) is 12.7. The Hall–Kier alpha value is -3.18. The minimum Gasteiger partial charge on any atom is -0.381 e. The minimum absolute atomic E-state index is 0.207. The van der Waals surface area contributed by atoms with Crippen LogP contribution in [0.5, 0.6) is 0 Å². The van der Waals surface area contributed by atoms with E-state index in [1.54, 1.807) is 13.0 Å². The fourth-order valence-corrected chi connectivity index (χ4v) is 3.39. The number of hydrogen-bond acceptors (Lipinski definition) is 4. The third-order valence-electron chi connectivity index (χ3n) is 4.73. The van der Waals surface area contributed by atoms with Gasteiger partial charge in [-0.25, -0.2) is 4.39 Å². The van der Waals surface area contributed by atoms with Crippen LogP contribution in [0.15, 0.2) is 60.8 Å². The second-order valence-corrected chi connectivity index (χ2v) is 7.45. The molecule has 0 amide bonds. The highest BCUT2D eigenvalue weighted by Gasteiger charge is 2.15. The zero-order valence-corrected chi connectivity index (χ0v) is 19.1. The Morgan fingerprint density at radius 3 is 2.55 bits per heavy atom. The Morgan fingerprint density at radius 1 is 1.19 bits per heavy atom. The molecular formula is C26H33FN4. The molecule has 3 N–H and O–H groups in total. The van der Waals surface area contributed by atoms with Crippen LogP contribution in [0.25, 0.3) is 11.3 Å². The molecule has 164 valence electrons. The maximum atomic E-state index is 13.7. The largest absolute Gasteiger partial charge is 0.381 e. The number of aryl methyl sites for hydroxylation is 1. The van der Waals surface area contributed by atoms with Crippen LogP contribution in [0, 0.1) is 18.2 Å². The van der Waals surface area contributed by atoms with Crippen molar-refractivity contribution in [1.82, 2.24) is 10.2 Å². The van der Waals surface area contributed by atoms with Gasteiger partial charge in [-0.1, -0.05) is 38.6 Å². The maximum Gasteiger partial charge on any atom is 0.126 e. The summed E-state index contributed by atoms with van der Waals surface area (Å²) >= 11 is 0. The van der Waals surface area contributed by atoms with Crippen LogP contribution in [0.4, 0.5) is 10.1 Å². The summed E-state index contributed by atoms with van der Waals surface area (Å²) in [6.07, 6.45) is 5.48. The molecular weight excluding hydrogens is 387 g/mol. The minimum atomic E-state index is -0.207. The topological polar surface area (TPSA) is 51.1 Å². The van der Waals surface area contributed by atoms with E-state index >= 15 is 0 Å². The molecule has 0 fully saturated rings. The Morgan fingerprint density at radius 2 is 1.90 bits per heavy atom. The zero-order valence-electron chi connectivity index (χ0n) is 19.1. The van der Waals surface area contributed by atoms with Gasteiger partial charge in [0.15, 0.2) is 0 Å². The molecule has 0 radical (unpaired) electrons. The van der Waals surface area contributed by atoms with E-state index in [0.29, 0.717) is 12.1 Å². The molecule has 0 spiro atoms. The first-order chi connectivity index (χ1) is 14.9. The Labute approximate surface area is 185 Å². The van der Waals surface area contributed by atoms with E-state index in [1.807, 2.05) is 57.1 Å². The van der Waals surface area contributed by atoms with Crippen molar-refractivity contribution in [3.63, 3.8) is 0 Å². The first-order valence-electron chi connectivity index (χ1n) is 10.5. The van der Waals surface area contributed by atoms with Crippen LogP contribution in [0.2, 0.25) is 0 Å². The lowest BCUT2D eigenvalue weighted by Crippen LogP contribution is -2.19. The molecule has 0 saturated heterocycles. The molecule has 1 aliphatic heterocycles. The van der Waals surface area contributed by atoms with Gasteiger partial charge in [-0.05, 0) is 68.0 Å². The highest BCUT2D eigenvalue weighted by Crippen LogP contribution is 2.31. The number of rotatable bonds is 7. The van der Waals surface area contributed by atoms with E-state index in [-0.39, 0.29) is 5.82 Å². The van der Waals surface area contributed by atoms with Gasteiger partial charge in [-0.3, -0.25) is 0 Å². The van der Waals surface area contributed by atoms with Gasteiger partial charge in [0.1, 0.15) is 5.82 Å². The Kier molecular flexibility index (Phi) is 8.76. The number of dihydropyridines is 1. The SMILES string of the molecule is C=C(CN(C)C)Nc1ccc(C2=C(c3ccc(F)c(C)c3)NCC=C2)cc1C=N.CC. The number of halogens is 1. The summed E-state index contributed by atoms with van der Waals surface area (Å²) in [5.41, 5.74) is 7.03. The predicted molar refractivity (Wildman–Crippen MR) is 132 cm³/mol. The van der Waals surface area contributed by atoms with Crippen LogP contribution in [0.1, 0.15) is 36.1 Å². The molecule has 0 saturated carbocycles. The average molecular weight is 421 g/mol. The second kappa shape index (κ2) is 11.3. The molecule has 0 unspecified atom stereocenters. The molecule has 5 heteroatoms. The smallest absolute Gasteiger partial charge is 0.126 e. The third kappa shape index (κ3) is 6.15. The highest BCUT2D eigenvalue weighted by atomic mass is 19.1. The maximum absolute atomic E-state index is 13.7. The summed E-state index contributed by atoms with van der Waals surface area (Å²) < 4.78 is 13.7. The third-order valence-corrected chi connectivity index (χ3v) is 4.73. The molecule has 3 rings (SSSR count). The second-order valence-electron chi connectivity index (χ2n) is 7.45. The summed E-state index contributed by atoms with van der Waals surface area (Å²) in [7, 11) is 3.97. The van der Waals surface area contributed by atoms with Gasteiger partial charge < -0.3 is 20.9 Å². The Bertz CT molecular complexity index is 1000. The van der Waals surface area contributed by atoms with E-state index in [4.69, 9.17) is 5.41 Å². The molecule has 0 aliphatic carbocycles. The van der Waals surface area contributed by atoms with Crippen molar-refractivity contribution >= 4 is 23.2 Å². The van der Waals surface area contributed by atoms with Crippen molar-refractivity contribution in [2.75, 3.05) is 32.5 Å². The van der Waals surface area contributed by atoms with Gasteiger partial charge >= 0.3 is 0 Å². The van der Waals surface area contributed by atoms with Crippen LogP contribution in [0.3, 0.4) is 0 Å². The van der Waals surface area contributed by atoms with Gasteiger partial charge in [0.2, 0.25) is 0 Å². The molecule has 0 bridgehead atoms. The monoisotopic (exact) mass is 420 g/mol. The number of hydrogen-bond donors (Lipinski definition) is 3. The lowest BCUT2D eigenvalue weighted by atomic mass is 9.94. The van der Waals surface area contributed by atoms with Crippen molar-refractivity contribution in [3.8, 4) is 0 Å². The van der Waals surface area contributed by atoms with Gasteiger partial charge in [0.25, 0.3) is 0 Å². The fourth-order valence-electron chi connectivity index (χ4n) is 3.39. The number of likely N-dealkylation sites (N-methyl/N-ethyl adjacent to an activating group) is 1. The number of benzene rings is 2. The van der Waals surface area contributed by atoms with Gasteiger partial charge in [0.05, 0.1) is 0 Å². The lowest BCUT2D eigenvalue weighted by molar-refractivity contribution is 0.447. The number of allylic oxidation sites excluding steroid dienone is 2. The van der Waals surface area contributed by atoms with Crippen LogP contribution in [-0.2, 0) is 0 Å². The van der Waals surface area contributed by atoms with E-state index in [0.717, 1.165) is 45.9 Å². The molecule has 1 heterocycles. The zero-order chi connectivity index (χ0) is 23.0. The number of anilines is 1. The van der Waals surface area contributed by atoms with Crippen molar-refractivity contribution < 1.29 is 4.39 Å². The summed E-state index contributed by atoms with van der Waals surface area (Å²) in [6, 6.07) is 11.1. The van der Waals surface area contributed by atoms with Crippen LogP contribution in [-0.4, -0.2) is 38.3 Å². The van der Waals surface area contributed by atoms with E-state index in [2.05, 4.69) is 29.4 Å². The van der Waals surface area contributed by atoms with Crippen molar-refractivity contribution in [2.24, 2.45) is 0 Å². The fraction of sp³-hybridized carbons (Fsp3) is 0.269. The average Bonchev–Trinajstić information content (AvgIpc) is 2.77. The van der Waals surface area contributed by atoms with Crippen LogP contribution < -0.4 is 10.6 Å². The Balaban J connectivity index is 0.00000166. The molecule has 1 aliphatic rings. The van der Waals surface area contributed by atoms with E-state index < -0.39 is 0 Å². The molecule has 2 aromatic rings. The summed E-state index contributed by atoms with van der Waals surface area (Å²) in [6.45, 7) is 11.3. The summed E-state index contributed by atoms with van der Waals surface area (Å²) in [4.78, 5) is 2.04. The molecule has 4 nitrogen and oxygen atoms in total. The van der Waals surface area contributed by atoms with Gasteiger partial charge in [-0.15, -0.1) is 0 Å². The number of nitrogens with zero attached hydrogens (tertiary/aromatic N) is 1. The molecule has 0 atom stereocenters. The first kappa shape index (κ1) is 24.1. The van der Waals surface area contributed by atoms with Gasteiger partial charge in [0, 0.05) is 47.5 Å². The van der Waals surface area contributed by atoms with E-state index in [1.165, 1.54) is 12.3 Å². The van der Waals surface area contributed by atoms with Crippen molar-refractivity contribution in [3.05, 3.63) is 88.9 Å². The predicted octanol–water partition coefficient (Wildman–Crippen LogP) is 5.67. The standard InChI is InChI=1S/C24H27FN4.C2H6/c1-16-12-19(7-9-22(16)25)24-21(6-5-11-27-24)18-8-10-23(20(13-18)14-26)28-17(2)15-29(3)4;1-2/h5-10,12-14,26-28H,2,11,15H2,1,3-4H3;1-2H3. The number of nitrogens with one attached hydrogen (secondary N) is 3. The molecule has 0 aromatic heterocycles. The quantitative estimate of drug-likeness (QED) is 0.506. The highest BCUT2D eigenvalue weighted by molar-refractivity contribution is 5.98. The lowest BCUT2D eigenvalue weighted by Gasteiger charge is -2.21.